The van der Waals surface area contributed by atoms with Gasteiger partial charge in [-0.3, -0.25) is 10.1 Å². The second kappa shape index (κ2) is 5.36. The first-order valence-electron chi connectivity index (χ1n) is 6.92. The molecule has 1 N–H and O–H groups in total. The second-order valence-corrected chi connectivity index (χ2v) is 7.64. The Morgan fingerprint density at radius 1 is 1.14 bits per heavy atom. The number of rotatable bonds is 3. The summed E-state index contributed by atoms with van der Waals surface area (Å²) in [5.74, 6) is 0.704. The average molecular weight is 311 g/mol. The van der Waals surface area contributed by atoms with Crippen LogP contribution in [-0.4, -0.2) is 43.8 Å². The Morgan fingerprint density at radius 2 is 1.71 bits per heavy atom. The molecule has 114 valence electrons. The van der Waals surface area contributed by atoms with E-state index in [0.29, 0.717) is 24.9 Å². The van der Waals surface area contributed by atoms with E-state index < -0.39 is 14.9 Å². The first kappa shape index (κ1) is 14.4. The Hall–Kier alpha value is -1.51. The summed E-state index contributed by atoms with van der Waals surface area (Å²) in [5, 5.41) is 14.0. The highest BCUT2D eigenvalue weighted by molar-refractivity contribution is 7.89. The van der Waals surface area contributed by atoms with E-state index in [9.17, 15) is 18.5 Å². The normalized spacial score (nSPS) is 26.5. The van der Waals surface area contributed by atoms with Gasteiger partial charge in [0.25, 0.3) is 5.69 Å². The first-order valence-corrected chi connectivity index (χ1v) is 8.36. The van der Waals surface area contributed by atoms with Crippen LogP contribution in [0.5, 0.6) is 0 Å². The average Bonchev–Trinajstić information content (AvgIpc) is 2.47. The van der Waals surface area contributed by atoms with Crippen LogP contribution in [0.2, 0.25) is 0 Å². The molecule has 8 heteroatoms. The van der Waals surface area contributed by atoms with E-state index in [1.807, 2.05) is 0 Å². The van der Waals surface area contributed by atoms with Crippen molar-refractivity contribution >= 4 is 15.7 Å². The minimum atomic E-state index is -3.56. The highest BCUT2D eigenvalue weighted by atomic mass is 32.2. The van der Waals surface area contributed by atoms with E-state index in [1.54, 1.807) is 0 Å². The number of nitro groups is 1. The molecule has 0 aromatic heterocycles. The van der Waals surface area contributed by atoms with Crippen molar-refractivity contribution < 1.29 is 13.3 Å². The number of non-ortho nitro benzene ring substituents is 1. The Bertz CT molecular complexity index is 632. The zero-order valence-electron chi connectivity index (χ0n) is 11.4. The molecular formula is C13H17N3O4S. The Kier molecular flexibility index (Phi) is 3.68. The summed E-state index contributed by atoms with van der Waals surface area (Å²) in [6.07, 6.45) is 1.07. The zero-order valence-corrected chi connectivity index (χ0v) is 12.3. The molecule has 21 heavy (non-hydrogen) atoms. The Morgan fingerprint density at radius 3 is 2.24 bits per heavy atom. The molecule has 2 aliphatic rings. The predicted molar refractivity (Wildman–Crippen MR) is 76.3 cm³/mol. The second-order valence-electron chi connectivity index (χ2n) is 5.70. The summed E-state index contributed by atoms with van der Waals surface area (Å²) in [5.41, 5.74) is -0.103. The molecule has 0 amide bonds. The number of benzene rings is 1. The summed E-state index contributed by atoms with van der Waals surface area (Å²) in [6, 6.07) is 5.10. The fourth-order valence-electron chi connectivity index (χ4n) is 3.14. The van der Waals surface area contributed by atoms with Gasteiger partial charge in [0.1, 0.15) is 0 Å². The van der Waals surface area contributed by atoms with Crippen molar-refractivity contribution in [2.75, 3.05) is 26.2 Å². The molecule has 0 radical (unpaired) electrons. The molecule has 7 nitrogen and oxygen atoms in total. The standard InChI is InChI=1S/C13H17N3O4S/c17-16(18)12-1-3-13(4-2-12)21(19,20)15-8-10-5-11(9-15)7-14-6-10/h1-4,10-11,14H,5-9H2/t10-,11+. The molecule has 2 fully saturated rings. The summed E-state index contributed by atoms with van der Waals surface area (Å²) >= 11 is 0. The van der Waals surface area contributed by atoms with E-state index in [1.165, 1.54) is 28.6 Å². The van der Waals surface area contributed by atoms with Gasteiger partial charge in [0.2, 0.25) is 10.0 Å². The van der Waals surface area contributed by atoms with Crippen LogP contribution in [0.4, 0.5) is 5.69 Å². The van der Waals surface area contributed by atoms with Crippen LogP contribution in [0.25, 0.3) is 0 Å². The van der Waals surface area contributed by atoms with Crippen molar-refractivity contribution in [3.05, 3.63) is 34.4 Å². The lowest BCUT2D eigenvalue weighted by molar-refractivity contribution is -0.384. The lowest BCUT2D eigenvalue weighted by Gasteiger charge is -2.40. The Labute approximate surface area is 123 Å². The van der Waals surface area contributed by atoms with Gasteiger partial charge in [0.15, 0.2) is 0 Å². The molecule has 3 rings (SSSR count). The van der Waals surface area contributed by atoms with Gasteiger partial charge in [-0.1, -0.05) is 0 Å². The van der Waals surface area contributed by atoms with Crippen molar-refractivity contribution in [3.8, 4) is 0 Å². The third-order valence-electron chi connectivity index (χ3n) is 4.14. The zero-order chi connectivity index (χ0) is 15.0. The molecule has 2 saturated heterocycles. The largest absolute Gasteiger partial charge is 0.316 e. The Balaban J connectivity index is 1.84. The number of hydrogen-bond acceptors (Lipinski definition) is 5. The molecule has 2 atom stereocenters. The van der Waals surface area contributed by atoms with Crippen LogP contribution in [0.3, 0.4) is 0 Å². The molecule has 1 aromatic rings. The molecule has 2 heterocycles. The molecule has 0 unspecified atom stereocenters. The van der Waals surface area contributed by atoms with Gasteiger partial charge in [-0.25, -0.2) is 8.42 Å². The van der Waals surface area contributed by atoms with Crippen LogP contribution in [0, 0.1) is 22.0 Å². The van der Waals surface area contributed by atoms with Crippen LogP contribution >= 0.6 is 0 Å². The highest BCUT2D eigenvalue weighted by Crippen LogP contribution is 2.29. The lowest BCUT2D eigenvalue weighted by atomic mass is 9.87. The monoisotopic (exact) mass is 311 g/mol. The lowest BCUT2D eigenvalue weighted by Crippen LogP contribution is -2.52. The van der Waals surface area contributed by atoms with Crippen molar-refractivity contribution in [2.45, 2.75) is 11.3 Å². The van der Waals surface area contributed by atoms with Crippen LogP contribution in [0.15, 0.2) is 29.2 Å². The van der Waals surface area contributed by atoms with Gasteiger partial charge in [0, 0.05) is 25.2 Å². The summed E-state index contributed by atoms with van der Waals surface area (Å²) in [7, 11) is -3.56. The summed E-state index contributed by atoms with van der Waals surface area (Å²) in [6.45, 7) is 2.73. The fraction of sp³-hybridized carbons (Fsp3) is 0.538. The topological polar surface area (TPSA) is 92.5 Å². The predicted octanol–water partition coefficient (Wildman–Crippen LogP) is 0.825. The molecular weight excluding hydrogens is 294 g/mol. The summed E-state index contributed by atoms with van der Waals surface area (Å²) < 4.78 is 26.8. The van der Waals surface area contributed by atoms with Gasteiger partial charge >= 0.3 is 0 Å². The van der Waals surface area contributed by atoms with Crippen LogP contribution < -0.4 is 5.32 Å². The quantitative estimate of drug-likeness (QED) is 0.659. The summed E-state index contributed by atoms with van der Waals surface area (Å²) in [4.78, 5) is 10.2. The maximum atomic E-state index is 12.6. The molecule has 2 bridgehead atoms. The van der Waals surface area contributed by atoms with E-state index >= 15 is 0 Å². The molecule has 1 aromatic carbocycles. The minimum absolute atomic E-state index is 0.103. The van der Waals surface area contributed by atoms with Gasteiger partial charge in [0.05, 0.1) is 9.82 Å². The van der Waals surface area contributed by atoms with E-state index in [-0.39, 0.29) is 10.6 Å². The molecule has 0 saturated carbocycles. The van der Waals surface area contributed by atoms with Gasteiger partial charge < -0.3 is 5.32 Å². The number of nitrogens with zero attached hydrogens (tertiary/aromatic N) is 2. The third-order valence-corrected chi connectivity index (χ3v) is 5.99. The number of nitro benzene ring substituents is 1. The number of piperidine rings is 2. The number of sulfonamides is 1. The van der Waals surface area contributed by atoms with Gasteiger partial charge in [-0.2, -0.15) is 4.31 Å². The molecule has 2 aliphatic heterocycles. The third kappa shape index (κ3) is 2.78. The number of hydrogen-bond donors (Lipinski definition) is 1. The number of nitrogens with one attached hydrogen (secondary N) is 1. The van der Waals surface area contributed by atoms with Crippen molar-refractivity contribution in [3.63, 3.8) is 0 Å². The minimum Gasteiger partial charge on any atom is -0.316 e. The fourth-order valence-corrected chi connectivity index (χ4v) is 4.74. The van der Waals surface area contributed by atoms with Crippen molar-refractivity contribution in [1.29, 1.82) is 0 Å². The maximum absolute atomic E-state index is 12.6. The smallest absolute Gasteiger partial charge is 0.269 e. The van der Waals surface area contributed by atoms with E-state index in [2.05, 4.69) is 5.32 Å². The molecule has 0 aliphatic carbocycles. The van der Waals surface area contributed by atoms with Crippen molar-refractivity contribution in [2.24, 2.45) is 11.8 Å². The van der Waals surface area contributed by atoms with Gasteiger partial charge in [-0.15, -0.1) is 0 Å². The van der Waals surface area contributed by atoms with Crippen LogP contribution in [-0.2, 0) is 10.0 Å². The number of fused-ring (bicyclic) bond motifs is 2. The highest BCUT2D eigenvalue weighted by Gasteiger charge is 2.36. The maximum Gasteiger partial charge on any atom is 0.269 e. The first-order chi connectivity index (χ1) is 9.96. The van der Waals surface area contributed by atoms with Gasteiger partial charge in [-0.05, 0) is 43.5 Å². The molecule has 0 spiro atoms. The van der Waals surface area contributed by atoms with E-state index in [4.69, 9.17) is 0 Å². The van der Waals surface area contributed by atoms with E-state index in [0.717, 1.165) is 19.5 Å². The SMILES string of the molecule is O=[N+]([O-])c1ccc(S(=O)(=O)N2C[C@@H]3CNC[C@@H](C3)C2)cc1. The van der Waals surface area contributed by atoms with Crippen molar-refractivity contribution in [1.82, 2.24) is 9.62 Å². The van der Waals surface area contributed by atoms with Crippen LogP contribution in [0.1, 0.15) is 6.42 Å².